The number of carbonyl (C=O) groups is 2. The van der Waals surface area contributed by atoms with Crippen molar-refractivity contribution in [3.8, 4) is 0 Å². The van der Waals surface area contributed by atoms with Crippen LogP contribution in [0.2, 0.25) is 0 Å². The second-order valence-electron chi connectivity index (χ2n) is 7.86. The van der Waals surface area contributed by atoms with Crippen LogP contribution >= 0.6 is 0 Å². The van der Waals surface area contributed by atoms with Gasteiger partial charge in [0.05, 0.1) is 11.6 Å². The fraction of sp³-hybridized carbons (Fsp3) is 0.154. The normalized spacial score (nSPS) is 17.9. The van der Waals surface area contributed by atoms with Crippen LogP contribution in [0, 0.1) is 26.6 Å². The van der Waals surface area contributed by atoms with Gasteiger partial charge in [0.15, 0.2) is 0 Å². The lowest BCUT2D eigenvalue weighted by Crippen LogP contribution is -2.29. The third-order valence-corrected chi connectivity index (χ3v) is 5.72. The number of nitrogens with zero attached hydrogens (tertiary/aromatic N) is 1. The first kappa shape index (κ1) is 20.5. The molecular weight excluding hydrogens is 393 g/mol. The van der Waals surface area contributed by atoms with E-state index in [1.165, 1.54) is 29.2 Å². The maximum Gasteiger partial charge on any atom is 0.300 e. The molecule has 0 aromatic heterocycles. The summed E-state index contributed by atoms with van der Waals surface area (Å²) in [4.78, 5) is 27.5. The molecule has 0 aliphatic carbocycles. The molecule has 156 valence electrons. The lowest BCUT2D eigenvalue weighted by atomic mass is 9.94. The molecule has 1 heterocycles. The molecule has 3 aromatic carbocycles. The second-order valence-corrected chi connectivity index (χ2v) is 7.86. The number of anilines is 1. The highest BCUT2D eigenvalue weighted by Gasteiger charge is 2.46. The Labute approximate surface area is 180 Å². The molecule has 4 nitrogen and oxygen atoms in total. The number of Topliss-reactive ketones (excluding diaryl/α,β-unsaturated/α-hetero) is 1. The van der Waals surface area contributed by atoms with Crippen LogP contribution in [-0.2, 0) is 9.59 Å². The third-order valence-electron chi connectivity index (χ3n) is 5.72. The largest absolute Gasteiger partial charge is 0.507 e. The van der Waals surface area contributed by atoms with E-state index in [0.29, 0.717) is 16.8 Å². The second kappa shape index (κ2) is 7.84. The molecule has 0 saturated carbocycles. The lowest BCUT2D eigenvalue weighted by molar-refractivity contribution is -0.132. The SMILES string of the molecule is Cc1ccc(N2C(=O)C(=O)/C(=C(\O)c3ccc(C)c(C)c3)C2c2ccc(F)cc2)cc1. The summed E-state index contributed by atoms with van der Waals surface area (Å²) in [5.41, 5.74) is 4.51. The van der Waals surface area contributed by atoms with E-state index in [2.05, 4.69) is 0 Å². The lowest BCUT2D eigenvalue weighted by Gasteiger charge is -2.25. The minimum Gasteiger partial charge on any atom is -0.507 e. The number of hydrogen-bond donors (Lipinski definition) is 1. The zero-order chi connectivity index (χ0) is 22.3. The molecule has 1 N–H and O–H groups in total. The molecule has 1 atom stereocenters. The van der Waals surface area contributed by atoms with Gasteiger partial charge in [-0.05, 0) is 67.8 Å². The maximum atomic E-state index is 13.6. The van der Waals surface area contributed by atoms with Gasteiger partial charge in [0, 0.05) is 11.3 Å². The summed E-state index contributed by atoms with van der Waals surface area (Å²) < 4.78 is 13.6. The smallest absolute Gasteiger partial charge is 0.300 e. The van der Waals surface area contributed by atoms with Crippen molar-refractivity contribution in [3.63, 3.8) is 0 Å². The molecule has 0 radical (unpaired) electrons. The summed E-state index contributed by atoms with van der Waals surface area (Å²) in [7, 11) is 0. The van der Waals surface area contributed by atoms with Crippen molar-refractivity contribution < 1.29 is 19.1 Å². The van der Waals surface area contributed by atoms with Crippen LogP contribution in [0.25, 0.3) is 5.76 Å². The van der Waals surface area contributed by atoms with Crippen LogP contribution < -0.4 is 4.90 Å². The van der Waals surface area contributed by atoms with Crippen molar-refractivity contribution in [2.75, 3.05) is 4.90 Å². The van der Waals surface area contributed by atoms with Crippen molar-refractivity contribution >= 4 is 23.1 Å². The third kappa shape index (κ3) is 3.63. The fourth-order valence-electron chi connectivity index (χ4n) is 3.81. The van der Waals surface area contributed by atoms with Crippen LogP contribution in [-0.4, -0.2) is 16.8 Å². The Bertz CT molecular complexity index is 1210. The average molecular weight is 415 g/mol. The van der Waals surface area contributed by atoms with E-state index in [-0.39, 0.29) is 11.3 Å². The van der Waals surface area contributed by atoms with Gasteiger partial charge < -0.3 is 5.11 Å². The number of halogens is 1. The minimum absolute atomic E-state index is 0.0135. The quantitative estimate of drug-likeness (QED) is 0.355. The zero-order valence-corrected chi connectivity index (χ0v) is 17.5. The molecule has 1 amide bonds. The first-order chi connectivity index (χ1) is 14.8. The molecule has 4 rings (SSSR count). The average Bonchev–Trinajstić information content (AvgIpc) is 3.01. The van der Waals surface area contributed by atoms with Crippen molar-refractivity contribution in [2.24, 2.45) is 0 Å². The van der Waals surface area contributed by atoms with E-state index in [0.717, 1.165) is 16.7 Å². The highest BCUT2D eigenvalue weighted by Crippen LogP contribution is 2.42. The fourth-order valence-corrected chi connectivity index (χ4v) is 3.81. The molecule has 0 bridgehead atoms. The predicted molar refractivity (Wildman–Crippen MR) is 118 cm³/mol. The first-order valence-corrected chi connectivity index (χ1v) is 9.98. The summed E-state index contributed by atoms with van der Waals surface area (Å²) in [6, 6.07) is 17.3. The summed E-state index contributed by atoms with van der Waals surface area (Å²) in [6.07, 6.45) is 0. The van der Waals surface area contributed by atoms with E-state index in [1.807, 2.05) is 39.0 Å². The monoisotopic (exact) mass is 415 g/mol. The Morgan fingerprint density at radius 2 is 1.52 bits per heavy atom. The van der Waals surface area contributed by atoms with Crippen molar-refractivity contribution in [1.29, 1.82) is 0 Å². The van der Waals surface area contributed by atoms with Crippen molar-refractivity contribution in [2.45, 2.75) is 26.8 Å². The zero-order valence-electron chi connectivity index (χ0n) is 17.5. The first-order valence-electron chi connectivity index (χ1n) is 9.98. The summed E-state index contributed by atoms with van der Waals surface area (Å²) in [5.74, 6) is -2.18. The Balaban J connectivity index is 1.94. The predicted octanol–water partition coefficient (Wildman–Crippen LogP) is 5.38. The van der Waals surface area contributed by atoms with E-state index >= 15 is 0 Å². The molecule has 1 aliphatic rings. The number of benzene rings is 3. The Morgan fingerprint density at radius 3 is 2.13 bits per heavy atom. The Kier molecular flexibility index (Phi) is 5.19. The maximum absolute atomic E-state index is 13.6. The molecule has 31 heavy (non-hydrogen) atoms. The van der Waals surface area contributed by atoms with Crippen LogP contribution in [0.4, 0.5) is 10.1 Å². The van der Waals surface area contributed by atoms with E-state index in [1.54, 1.807) is 24.3 Å². The summed E-state index contributed by atoms with van der Waals surface area (Å²) in [6.45, 7) is 5.79. The van der Waals surface area contributed by atoms with Gasteiger partial charge in [-0.3, -0.25) is 14.5 Å². The van der Waals surface area contributed by atoms with Gasteiger partial charge >= 0.3 is 0 Å². The molecule has 0 spiro atoms. The summed E-state index contributed by atoms with van der Waals surface area (Å²) in [5, 5.41) is 11.1. The van der Waals surface area contributed by atoms with Crippen molar-refractivity contribution in [1.82, 2.24) is 0 Å². The van der Waals surface area contributed by atoms with Crippen LogP contribution in [0.5, 0.6) is 0 Å². The number of rotatable bonds is 3. The highest BCUT2D eigenvalue weighted by atomic mass is 19.1. The standard InChI is InChI=1S/C26H22FNO3/c1-15-4-12-21(13-5-15)28-23(18-8-10-20(27)11-9-18)22(25(30)26(28)31)24(29)19-7-6-16(2)17(3)14-19/h4-14,23,29H,1-3H3/b24-22-. The molecular formula is C26H22FNO3. The van der Waals surface area contributed by atoms with Crippen LogP contribution in [0.1, 0.15) is 33.9 Å². The van der Waals surface area contributed by atoms with Gasteiger partial charge in [-0.15, -0.1) is 0 Å². The number of hydrogen-bond acceptors (Lipinski definition) is 3. The van der Waals surface area contributed by atoms with E-state index < -0.39 is 23.5 Å². The highest BCUT2D eigenvalue weighted by molar-refractivity contribution is 6.51. The molecule has 1 fully saturated rings. The molecule has 5 heteroatoms. The number of aliphatic hydroxyl groups is 1. The van der Waals surface area contributed by atoms with Gasteiger partial charge in [-0.2, -0.15) is 0 Å². The van der Waals surface area contributed by atoms with Gasteiger partial charge in [0.2, 0.25) is 0 Å². The number of aliphatic hydroxyl groups excluding tert-OH is 1. The Morgan fingerprint density at radius 1 is 0.871 bits per heavy atom. The number of carbonyl (C=O) groups excluding carboxylic acids is 2. The topological polar surface area (TPSA) is 57.6 Å². The number of aryl methyl sites for hydroxylation is 3. The number of amides is 1. The van der Waals surface area contributed by atoms with Crippen LogP contribution in [0.15, 0.2) is 72.3 Å². The molecule has 1 saturated heterocycles. The van der Waals surface area contributed by atoms with E-state index in [9.17, 15) is 19.1 Å². The minimum atomic E-state index is -0.870. The summed E-state index contributed by atoms with van der Waals surface area (Å²) >= 11 is 0. The molecule has 1 unspecified atom stereocenters. The van der Waals surface area contributed by atoms with E-state index in [4.69, 9.17) is 0 Å². The molecule has 1 aliphatic heterocycles. The molecule has 3 aromatic rings. The van der Waals surface area contributed by atoms with Crippen LogP contribution in [0.3, 0.4) is 0 Å². The number of ketones is 1. The Hall–Kier alpha value is -3.73. The van der Waals surface area contributed by atoms with Gasteiger partial charge in [0.1, 0.15) is 11.6 Å². The van der Waals surface area contributed by atoms with Gasteiger partial charge in [-0.1, -0.05) is 42.0 Å². The van der Waals surface area contributed by atoms with Gasteiger partial charge in [-0.25, -0.2) is 4.39 Å². The van der Waals surface area contributed by atoms with Gasteiger partial charge in [0.25, 0.3) is 11.7 Å². The van der Waals surface area contributed by atoms with Crippen molar-refractivity contribution in [3.05, 3.63) is 106 Å².